The summed E-state index contributed by atoms with van der Waals surface area (Å²) in [5.41, 5.74) is 2.55. The van der Waals surface area contributed by atoms with Crippen molar-refractivity contribution in [2.24, 2.45) is 0 Å². The Kier molecular flexibility index (Phi) is 6.38. The number of nitrogens with one attached hydrogen (secondary N) is 1. The van der Waals surface area contributed by atoms with Crippen molar-refractivity contribution in [3.63, 3.8) is 0 Å². The van der Waals surface area contributed by atoms with Crippen LogP contribution in [-0.4, -0.2) is 17.3 Å². The van der Waals surface area contributed by atoms with Crippen molar-refractivity contribution in [2.45, 2.75) is 76.9 Å². The van der Waals surface area contributed by atoms with Crippen LogP contribution in [0.4, 0.5) is 5.69 Å². The first-order valence-electron chi connectivity index (χ1n) is 8.33. The fraction of sp³-hybridized carbons (Fsp3) is 0.667. The molecule has 2 N–H and O–H groups in total. The van der Waals surface area contributed by atoms with E-state index in [0.717, 1.165) is 19.3 Å². The maximum atomic E-state index is 10.3. The fourth-order valence-corrected chi connectivity index (χ4v) is 3.07. The van der Waals surface area contributed by atoms with Gasteiger partial charge in [-0.15, -0.1) is 0 Å². The third-order valence-corrected chi connectivity index (χ3v) is 4.37. The number of hydrogen-bond acceptors (Lipinski definition) is 2. The number of aliphatic hydroxyl groups is 1. The zero-order valence-electron chi connectivity index (χ0n) is 12.8. The van der Waals surface area contributed by atoms with Gasteiger partial charge in [0.25, 0.3) is 0 Å². The number of rotatable bonds is 9. The number of para-hydroxylation sites is 1. The van der Waals surface area contributed by atoms with E-state index in [0.29, 0.717) is 0 Å². The first-order valence-corrected chi connectivity index (χ1v) is 8.33. The number of benzene rings is 1. The lowest BCUT2D eigenvalue weighted by atomic mass is 10.00. The van der Waals surface area contributed by atoms with Gasteiger partial charge < -0.3 is 10.4 Å². The zero-order chi connectivity index (χ0) is 14.2. The van der Waals surface area contributed by atoms with Crippen LogP contribution in [0.5, 0.6) is 0 Å². The van der Waals surface area contributed by atoms with Gasteiger partial charge in [-0.1, -0.05) is 70.1 Å². The Hall–Kier alpha value is -1.02. The second-order valence-corrected chi connectivity index (χ2v) is 6.09. The van der Waals surface area contributed by atoms with E-state index in [4.69, 9.17) is 0 Å². The second-order valence-electron chi connectivity index (χ2n) is 6.09. The molecule has 0 fully saturated rings. The largest absolute Gasteiger partial charge is 0.391 e. The average Bonchev–Trinajstić information content (AvgIpc) is 2.90. The standard InChI is InChI=1S/C18H29NO/c1-2-3-4-5-6-7-8-13-18(20)17-14-15-11-9-10-12-16(15)19-17/h9-12,17-20H,2-8,13-14H2,1H3. The maximum absolute atomic E-state index is 10.3. The summed E-state index contributed by atoms with van der Waals surface area (Å²) in [6.07, 6.45) is 10.8. The summed E-state index contributed by atoms with van der Waals surface area (Å²) in [7, 11) is 0. The molecule has 0 aromatic heterocycles. The minimum absolute atomic E-state index is 0.210. The van der Waals surface area contributed by atoms with Crippen molar-refractivity contribution in [3.8, 4) is 0 Å². The molecule has 2 rings (SSSR count). The van der Waals surface area contributed by atoms with Crippen LogP contribution in [0, 0.1) is 0 Å². The highest BCUT2D eigenvalue weighted by atomic mass is 16.3. The van der Waals surface area contributed by atoms with E-state index >= 15 is 0 Å². The van der Waals surface area contributed by atoms with Crippen molar-refractivity contribution in [3.05, 3.63) is 29.8 Å². The molecule has 2 atom stereocenters. The lowest BCUT2D eigenvalue weighted by Gasteiger charge is -2.18. The molecule has 2 nitrogen and oxygen atoms in total. The van der Waals surface area contributed by atoms with Gasteiger partial charge in [-0.2, -0.15) is 0 Å². The van der Waals surface area contributed by atoms with Crippen molar-refractivity contribution >= 4 is 5.69 Å². The Morgan fingerprint density at radius 3 is 2.55 bits per heavy atom. The molecule has 1 aliphatic rings. The lowest BCUT2D eigenvalue weighted by Crippen LogP contribution is -2.31. The van der Waals surface area contributed by atoms with Crippen LogP contribution in [-0.2, 0) is 6.42 Å². The van der Waals surface area contributed by atoms with Crippen LogP contribution in [0.1, 0.15) is 63.9 Å². The van der Waals surface area contributed by atoms with Crippen LogP contribution in [0.25, 0.3) is 0 Å². The summed E-state index contributed by atoms with van der Waals surface area (Å²) >= 11 is 0. The molecule has 2 unspecified atom stereocenters. The predicted molar refractivity (Wildman–Crippen MR) is 86.2 cm³/mol. The van der Waals surface area contributed by atoms with Crippen LogP contribution >= 0.6 is 0 Å². The molecule has 1 aliphatic heterocycles. The Bertz CT molecular complexity index is 366. The maximum Gasteiger partial charge on any atom is 0.0744 e. The first-order chi connectivity index (χ1) is 9.81. The molecule has 1 heterocycles. The van der Waals surface area contributed by atoms with E-state index in [2.05, 4.69) is 36.5 Å². The molecule has 2 heteroatoms. The Morgan fingerprint density at radius 1 is 1.10 bits per heavy atom. The summed E-state index contributed by atoms with van der Waals surface area (Å²) in [6, 6.07) is 8.61. The molecule has 1 aromatic rings. The molecule has 0 amide bonds. The van der Waals surface area contributed by atoms with Gasteiger partial charge in [0.1, 0.15) is 0 Å². The number of anilines is 1. The molecule has 0 bridgehead atoms. The Balaban J connectivity index is 1.59. The molecule has 20 heavy (non-hydrogen) atoms. The monoisotopic (exact) mass is 275 g/mol. The molecular formula is C18H29NO. The quantitative estimate of drug-likeness (QED) is 0.649. The molecular weight excluding hydrogens is 246 g/mol. The SMILES string of the molecule is CCCCCCCCCC(O)C1Cc2ccccc2N1. The van der Waals surface area contributed by atoms with Gasteiger partial charge in [0, 0.05) is 5.69 Å². The predicted octanol–water partition coefficient (Wildman–Crippen LogP) is 4.52. The summed E-state index contributed by atoms with van der Waals surface area (Å²) in [5.74, 6) is 0. The minimum atomic E-state index is -0.210. The van der Waals surface area contributed by atoms with Crippen molar-refractivity contribution in [1.29, 1.82) is 0 Å². The Labute approximate surface area is 123 Å². The summed E-state index contributed by atoms with van der Waals surface area (Å²) in [4.78, 5) is 0. The van der Waals surface area contributed by atoms with Gasteiger partial charge in [-0.25, -0.2) is 0 Å². The third kappa shape index (κ3) is 4.52. The van der Waals surface area contributed by atoms with Gasteiger partial charge in [0.15, 0.2) is 0 Å². The molecule has 0 spiro atoms. The second kappa shape index (κ2) is 8.31. The number of fused-ring (bicyclic) bond motifs is 1. The summed E-state index contributed by atoms with van der Waals surface area (Å²) in [6.45, 7) is 2.25. The fourth-order valence-electron chi connectivity index (χ4n) is 3.07. The van der Waals surface area contributed by atoms with Crippen molar-refractivity contribution in [1.82, 2.24) is 0 Å². The summed E-state index contributed by atoms with van der Waals surface area (Å²) < 4.78 is 0. The van der Waals surface area contributed by atoms with Crippen LogP contribution in [0.2, 0.25) is 0 Å². The normalized spacial score (nSPS) is 18.6. The van der Waals surface area contributed by atoms with E-state index in [-0.39, 0.29) is 12.1 Å². The number of aliphatic hydroxyl groups excluding tert-OH is 1. The molecule has 0 radical (unpaired) electrons. The van der Waals surface area contributed by atoms with Crippen LogP contribution in [0.3, 0.4) is 0 Å². The third-order valence-electron chi connectivity index (χ3n) is 4.37. The zero-order valence-corrected chi connectivity index (χ0v) is 12.8. The van der Waals surface area contributed by atoms with Gasteiger partial charge in [0.05, 0.1) is 12.1 Å². The summed E-state index contributed by atoms with van der Waals surface area (Å²) in [5, 5.41) is 13.8. The highest BCUT2D eigenvalue weighted by Crippen LogP contribution is 2.27. The lowest BCUT2D eigenvalue weighted by molar-refractivity contribution is 0.141. The average molecular weight is 275 g/mol. The molecule has 0 saturated heterocycles. The van der Waals surface area contributed by atoms with Crippen molar-refractivity contribution in [2.75, 3.05) is 5.32 Å². The first kappa shape index (κ1) is 15.4. The smallest absolute Gasteiger partial charge is 0.0744 e. The molecule has 0 saturated carbocycles. The van der Waals surface area contributed by atoms with Crippen molar-refractivity contribution < 1.29 is 5.11 Å². The van der Waals surface area contributed by atoms with Crippen LogP contribution < -0.4 is 5.32 Å². The van der Waals surface area contributed by atoms with Crippen LogP contribution in [0.15, 0.2) is 24.3 Å². The highest BCUT2D eigenvalue weighted by molar-refractivity contribution is 5.56. The van der Waals surface area contributed by atoms with E-state index in [1.807, 2.05) is 0 Å². The highest BCUT2D eigenvalue weighted by Gasteiger charge is 2.25. The van der Waals surface area contributed by atoms with E-state index in [1.54, 1.807) is 0 Å². The van der Waals surface area contributed by atoms with E-state index in [1.165, 1.54) is 49.8 Å². The Morgan fingerprint density at radius 2 is 1.80 bits per heavy atom. The molecule has 0 aliphatic carbocycles. The van der Waals surface area contributed by atoms with E-state index < -0.39 is 0 Å². The molecule has 1 aromatic carbocycles. The van der Waals surface area contributed by atoms with E-state index in [9.17, 15) is 5.11 Å². The number of unbranched alkanes of at least 4 members (excludes halogenated alkanes) is 6. The number of hydrogen-bond donors (Lipinski definition) is 2. The topological polar surface area (TPSA) is 32.3 Å². The molecule has 112 valence electrons. The van der Waals surface area contributed by atoms with Gasteiger partial charge >= 0.3 is 0 Å². The van der Waals surface area contributed by atoms with Gasteiger partial charge in [0.2, 0.25) is 0 Å². The van der Waals surface area contributed by atoms with Gasteiger partial charge in [-0.05, 0) is 24.5 Å². The van der Waals surface area contributed by atoms with Gasteiger partial charge in [-0.3, -0.25) is 0 Å². The minimum Gasteiger partial charge on any atom is -0.391 e.